The van der Waals surface area contributed by atoms with Gasteiger partial charge in [-0.3, -0.25) is 9.59 Å². The van der Waals surface area contributed by atoms with Gasteiger partial charge >= 0.3 is 0 Å². The minimum absolute atomic E-state index is 0.0563. The number of hydrogen-bond acceptors (Lipinski definition) is 4. The van der Waals surface area contributed by atoms with E-state index in [4.69, 9.17) is 0 Å². The zero-order chi connectivity index (χ0) is 23.5. The molecule has 1 saturated heterocycles. The van der Waals surface area contributed by atoms with Gasteiger partial charge in [0.25, 0.3) is 0 Å². The van der Waals surface area contributed by atoms with Crippen LogP contribution in [0.25, 0.3) is 5.69 Å². The fourth-order valence-electron chi connectivity index (χ4n) is 4.23. The molecule has 0 bridgehead atoms. The van der Waals surface area contributed by atoms with E-state index in [1.54, 1.807) is 13.0 Å². The SMILES string of the molecule is CC(=O)Nc1c(C)nn(-c2ccccc2)c1N1CCC(C(=O)Nc2ccc(F)cc2C)CC1. The van der Waals surface area contributed by atoms with E-state index in [1.165, 1.54) is 19.1 Å². The number of anilines is 3. The van der Waals surface area contributed by atoms with E-state index in [9.17, 15) is 14.0 Å². The van der Waals surface area contributed by atoms with Crippen LogP contribution in [0.15, 0.2) is 48.5 Å². The Hall–Kier alpha value is -3.68. The Morgan fingerprint density at radius 1 is 1.03 bits per heavy atom. The highest BCUT2D eigenvalue weighted by Gasteiger charge is 2.30. The zero-order valence-electron chi connectivity index (χ0n) is 19.1. The Kier molecular flexibility index (Phi) is 6.44. The molecule has 2 N–H and O–H groups in total. The van der Waals surface area contributed by atoms with Crippen LogP contribution in [0.5, 0.6) is 0 Å². The first-order valence-corrected chi connectivity index (χ1v) is 11.1. The highest BCUT2D eigenvalue weighted by Crippen LogP contribution is 2.35. The lowest BCUT2D eigenvalue weighted by Crippen LogP contribution is -2.39. The Balaban J connectivity index is 1.53. The third-order valence-corrected chi connectivity index (χ3v) is 5.95. The minimum atomic E-state index is -0.320. The van der Waals surface area contributed by atoms with Gasteiger partial charge in [0.15, 0.2) is 5.82 Å². The number of aromatic nitrogens is 2. The standard InChI is InChI=1S/C25H28FN5O2/c1-16-15-20(26)9-10-22(16)28-24(33)19-11-13-30(14-12-19)25-23(27-18(3)32)17(2)29-31(25)21-7-5-4-6-8-21/h4-10,15,19H,11-14H2,1-3H3,(H,27,32)(H,28,33). The summed E-state index contributed by atoms with van der Waals surface area (Å²) in [6.45, 7) is 6.42. The molecule has 0 aliphatic carbocycles. The molecule has 2 aromatic carbocycles. The summed E-state index contributed by atoms with van der Waals surface area (Å²) in [5.41, 5.74) is 3.66. The first-order valence-electron chi connectivity index (χ1n) is 11.1. The van der Waals surface area contributed by atoms with Crippen LogP contribution in [-0.4, -0.2) is 34.7 Å². The first-order chi connectivity index (χ1) is 15.8. The van der Waals surface area contributed by atoms with Crippen molar-refractivity contribution in [2.45, 2.75) is 33.6 Å². The van der Waals surface area contributed by atoms with E-state index in [0.717, 1.165) is 17.2 Å². The number of nitrogens with one attached hydrogen (secondary N) is 2. The van der Waals surface area contributed by atoms with Gasteiger partial charge in [-0.25, -0.2) is 9.07 Å². The van der Waals surface area contributed by atoms with Crippen molar-refractivity contribution in [3.63, 3.8) is 0 Å². The predicted octanol–water partition coefficient (Wildman–Crippen LogP) is 4.44. The second-order valence-corrected chi connectivity index (χ2v) is 8.42. The van der Waals surface area contributed by atoms with Gasteiger partial charge in [0, 0.05) is 31.6 Å². The molecule has 7 nitrogen and oxygen atoms in total. The molecule has 1 aliphatic heterocycles. The van der Waals surface area contributed by atoms with E-state index >= 15 is 0 Å². The maximum absolute atomic E-state index is 13.4. The number of nitrogens with zero attached hydrogens (tertiary/aromatic N) is 3. The number of para-hydroxylation sites is 1. The van der Waals surface area contributed by atoms with E-state index in [-0.39, 0.29) is 23.5 Å². The van der Waals surface area contributed by atoms with Crippen LogP contribution >= 0.6 is 0 Å². The maximum Gasteiger partial charge on any atom is 0.227 e. The Morgan fingerprint density at radius 2 is 1.73 bits per heavy atom. The van der Waals surface area contributed by atoms with E-state index in [1.807, 2.05) is 41.9 Å². The summed E-state index contributed by atoms with van der Waals surface area (Å²) in [7, 11) is 0. The average molecular weight is 450 g/mol. The molecule has 4 rings (SSSR count). The number of piperidine rings is 1. The van der Waals surface area contributed by atoms with Crippen molar-refractivity contribution < 1.29 is 14.0 Å². The molecule has 172 valence electrons. The molecule has 2 amide bonds. The van der Waals surface area contributed by atoms with Crippen molar-refractivity contribution in [2.24, 2.45) is 5.92 Å². The summed E-state index contributed by atoms with van der Waals surface area (Å²) >= 11 is 0. The monoisotopic (exact) mass is 449 g/mol. The molecule has 33 heavy (non-hydrogen) atoms. The van der Waals surface area contributed by atoms with Crippen LogP contribution < -0.4 is 15.5 Å². The summed E-state index contributed by atoms with van der Waals surface area (Å²) in [4.78, 5) is 26.9. The van der Waals surface area contributed by atoms with Crippen LogP contribution in [0.1, 0.15) is 31.0 Å². The quantitative estimate of drug-likeness (QED) is 0.604. The van der Waals surface area contributed by atoms with Gasteiger partial charge in [0.2, 0.25) is 11.8 Å². The van der Waals surface area contributed by atoms with Crippen molar-refractivity contribution in [3.05, 3.63) is 65.6 Å². The molecular formula is C25H28FN5O2. The van der Waals surface area contributed by atoms with Crippen molar-refractivity contribution in [3.8, 4) is 5.69 Å². The molecular weight excluding hydrogens is 421 g/mol. The highest BCUT2D eigenvalue weighted by molar-refractivity contribution is 5.94. The average Bonchev–Trinajstić information content (AvgIpc) is 3.11. The molecule has 1 fully saturated rings. The lowest BCUT2D eigenvalue weighted by atomic mass is 9.95. The summed E-state index contributed by atoms with van der Waals surface area (Å²) in [5, 5.41) is 10.6. The van der Waals surface area contributed by atoms with Crippen LogP contribution in [0.2, 0.25) is 0 Å². The molecule has 0 unspecified atom stereocenters. The summed E-state index contributed by atoms with van der Waals surface area (Å²) in [6, 6.07) is 14.1. The van der Waals surface area contributed by atoms with Gasteiger partial charge in [-0.1, -0.05) is 18.2 Å². The molecule has 1 aromatic heterocycles. The number of halogens is 1. The van der Waals surface area contributed by atoms with Crippen molar-refractivity contribution in [1.29, 1.82) is 0 Å². The Bertz CT molecular complexity index is 1170. The summed E-state index contributed by atoms with van der Waals surface area (Å²) < 4.78 is 15.2. The van der Waals surface area contributed by atoms with Crippen LogP contribution in [-0.2, 0) is 9.59 Å². The zero-order valence-corrected chi connectivity index (χ0v) is 19.1. The fourth-order valence-corrected chi connectivity index (χ4v) is 4.23. The second kappa shape index (κ2) is 9.44. The number of benzene rings is 2. The number of hydrogen-bond donors (Lipinski definition) is 2. The molecule has 0 atom stereocenters. The van der Waals surface area contributed by atoms with Gasteiger partial charge in [-0.2, -0.15) is 5.10 Å². The molecule has 0 radical (unpaired) electrons. The maximum atomic E-state index is 13.4. The minimum Gasteiger partial charge on any atom is -0.355 e. The number of carbonyl (C=O) groups excluding carboxylic acids is 2. The topological polar surface area (TPSA) is 79.3 Å². The number of rotatable bonds is 5. The largest absolute Gasteiger partial charge is 0.355 e. The first kappa shape index (κ1) is 22.5. The number of amides is 2. The van der Waals surface area contributed by atoms with Gasteiger partial charge in [0.05, 0.1) is 11.4 Å². The lowest BCUT2D eigenvalue weighted by molar-refractivity contribution is -0.120. The predicted molar refractivity (Wildman–Crippen MR) is 127 cm³/mol. The van der Waals surface area contributed by atoms with E-state index in [2.05, 4.69) is 20.6 Å². The number of aryl methyl sites for hydroxylation is 2. The molecule has 1 aliphatic rings. The highest BCUT2D eigenvalue weighted by atomic mass is 19.1. The number of carbonyl (C=O) groups is 2. The van der Waals surface area contributed by atoms with Gasteiger partial charge in [0.1, 0.15) is 11.5 Å². The molecule has 0 spiro atoms. The second-order valence-electron chi connectivity index (χ2n) is 8.42. The van der Waals surface area contributed by atoms with Crippen molar-refractivity contribution in [1.82, 2.24) is 9.78 Å². The van der Waals surface area contributed by atoms with Crippen LogP contribution in [0.3, 0.4) is 0 Å². The van der Waals surface area contributed by atoms with Crippen molar-refractivity contribution in [2.75, 3.05) is 28.6 Å². The normalized spacial score (nSPS) is 14.2. The third-order valence-electron chi connectivity index (χ3n) is 5.95. The van der Waals surface area contributed by atoms with Gasteiger partial charge < -0.3 is 15.5 Å². The molecule has 0 saturated carbocycles. The smallest absolute Gasteiger partial charge is 0.227 e. The molecule has 2 heterocycles. The van der Waals surface area contributed by atoms with Crippen molar-refractivity contribution >= 4 is 29.0 Å². The Labute approximate surface area is 192 Å². The summed E-state index contributed by atoms with van der Waals surface area (Å²) in [6.07, 6.45) is 1.31. The van der Waals surface area contributed by atoms with Crippen LogP contribution in [0.4, 0.5) is 21.6 Å². The summed E-state index contributed by atoms with van der Waals surface area (Å²) in [5.74, 6) is 0.139. The van der Waals surface area contributed by atoms with Crippen LogP contribution in [0, 0.1) is 25.6 Å². The van der Waals surface area contributed by atoms with E-state index in [0.29, 0.717) is 42.9 Å². The fraction of sp³-hybridized carbons (Fsp3) is 0.320. The van der Waals surface area contributed by atoms with E-state index < -0.39 is 0 Å². The lowest BCUT2D eigenvalue weighted by Gasteiger charge is -2.33. The Morgan fingerprint density at radius 3 is 2.36 bits per heavy atom. The molecule has 8 heteroatoms. The van der Waals surface area contributed by atoms with Gasteiger partial charge in [-0.05, 0) is 62.6 Å². The molecule has 3 aromatic rings. The van der Waals surface area contributed by atoms with Gasteiger partial charge in [-0.15, -0.1) is 0 Å². The third kappa shape index (κ3) is 4.89.